The molecule has 0 aliphatic carbocycles. The number of amides is 1. The van der Waals surface area contributed by atoms with Gasteiger partial charge in [0.2, 0.25) is 5.91 Å². The van der Waals surface area contributed by atoms with E-state index in [1.54, 1.807) is 16.9 Å². The average molecular weight is 443 g/mol. The number of carbonyl (C=O) groups excluding carboxylic acids is 1. The molecule has 1 atom stereocenters. The molecule has 7 nitrogen and oxygen atoms in total. The second kappa shape index (κ2) is 9.42. The van der Waals surface area contributed by atoms with E-state index in [1.165, 1.54) is 0 Å². The zero-order chi connectivity index (χ0) is 22.6. The summed E-state index contributed by atoms with van der Waals surface area (Å²) in [4.78, 5) is 33.2. The molecule has 2 aromatic heterocycles. The lowest BCUT2D eigenvalue weighted by Gasteiger charge is -2.32. The summed E-state index contributed by atoms with van der Waals surface area (Å²) in [6.07, 6.45) is 3.37. The lowest BCUT2D eigenvalue weighted by molar-refractivity contribution is -0.121. The number of rotatable bonds is 6. The summed E-state index contributed by atoms with van der Waals surface area (Å²) in [5, 5.41) is 3.61. The molecule has 0 saturated carbocycles. The predicted molar refractivity (Wildman–Crippen MR) is 127 cm³/mol. The van der Waals surface area contributed by atoms with Gasteiger partial charge in [0.25, 0.3) is 5.56 Å². The minimum Gasteiger partial charge on any atom is -0.467 e. The van der Waals surface area contributed by atoms with Gasteiger partial charge >= 0.3 is 0 Å². The first-order chi connectivity index (χ1) is 16.2. The largest absolute Gasteiger partial charge is 0.467 e. The highest BCUT2D eigenvalue weighted by Gasteiger charge is 2.27. The van der Waals surface area contributed by atoms with Crippen molar-refractivity contribution in [3.05, 3.63) is 94.9 Å². The predicted octanol–water partition coefficient (Wildman–Crippen LogP) is 3.89. The number of aromatic nitrogens is 2. The smallest absolute Gasteiger partial charge is 0.261 e. The Morgan fingerprint density at radius 1 is 1.03 bits per heavy atom. The monoisotopic (exact) mass is 442 g/mol. The van der Waals surface area contributed by atoms with Gasteiger partial charge in [0.15, 0.2) is 0 Å². The summed E-state index contributed by atoms with van der Waals surface area (Å²) in [5.74, 6) is 1.31. The maximum atomic E-state index is 13.3. The van der Waals surface area contributed by atoms with E-state index in [0.717, 1.165) is 25.1 Å². The first-order valence-corrected chi connectivity index (χ1v) is 11.3. The van der Waals surface area contributed by atoms with Crippen molar-refractivity contribution in [3.8, 4) is 0 Å². The van der Waals surface area contributed by atoms with Gasteiger partial charge in [-0.25, -0.2) is 4.98 Å². The van der Waals surface area contributed by atoms with Gasteiger partial charge < -0.3 is 9.73 Å². The molecule has 1 amide bonds. The highest BCUT2D eigenvalue weighted by molar-refractivity contribution is 5.92. The van der Waals surface area contributed by atoms with Crippen LogP contribution >= 0.6 is 0 Å². The Morgan fingerprint density at radius 2 is 1.85 bits per heavy atom. The fraction of sp³-hybridized carbons (Fsp3) is 0.269. The fourth-order valence-electron chi connectivity index (χ4n) is 4.44. The van der Waals surface area contributed by atoms with Crippen molar-refractivity contribution in [1.82, 2.24) is 14.5 Å². The molecule has 2 aromatic carbocycles. The van der Waals surface area contributed by atoms with Gasteiger partial charge in [-0.2, -0.15) is 0 Å². The van der Waals surface area contributed by atoms with Crippen LogP contribution < -0.4 is 10.9 Å². The quantitative estimate of drug-likeness (QED) is 0.490. The Morgan fingerprint density at radius 3 is 2.67 bits per heavy atom. The maximum absolute atomic E-state index is 13.3. The zero-order valence-electron chi connectivity index (χ0n) is 18.3. The van der Waals surface area contributed by atoms with E-state index in [9.17, 15) is 9.59 Å². The molecule has 0 spiro atoms. The third-order valence-corrected chi connectivity index (χ3v) is 6.12. The standard InChI is InChI=1S/C26H26N4O3/c31-25(27-20-9-2-1-3-10-20)19-8-6-14-29(16-19)18-24-28-23-13-5-4-12-22(23)26(32)30(24)17-21-11-7-15-33-21/h1-5,7,9-13,15,19H,6,8,14,16-18H2,(H,27,31)/t19-/m0/s1. The van der Waals surface area contributed by atoms with Crippen LogP contribution in [-0.4, -0.2) is 33.4 Å². The number of hydrogen-bond acceptors (Lipinski definition) is 5. The Balaban J connectivity index is 1.38. The topological polar surface area (TPSA) is 80.4 Å². The fourth-order valence-corrected chi connectivity index (χ4v) is 4.44. The van der Waals surface area contributed by atoms with Crippen LogP contribution in [0.4, 0.5) is 5.69 Å². The van der Waals surface area contributed by atoms with Crippen LogP contribution in [0.5, 0.6) is 0 Å². The highest BCUT2D eigenvalue weighted by atomic mass is 16.3. The van der Waals surface area contributed by atoms with Crippen molar-refractivity contribution in [2.75, 3.05) is 18.4 Å². The zero-order valence-corrected chi connectivity index (χ0v) is 18.3. The van der Waals surface area contributed by atoms with Gasteiger partial charge in [-0.3, -0.25) is 19.1 Å². The summed E-state index contributed by atoms with van der Waals surface area (Å²) in [6.45, 7) is 2.31. The Labute approximate surface area is 191 Å². The molecule has 5 rings (SSSR count). The van der Waals surface area contributed by atoms with Crippen LogP contribution in [0.1, 0.15) is 24.4 Å². The normalized spacial score (nSPS) is 16.7. The molecule has 1 saturated heterocycles. The Kier molecular flexibility index (Phi) is 6.04. The molecule has 0 radical (unpaired) electrons. The number of anilines is 1. The molecule has 1 aliphatic heterocycles. The molecule has 0 bridgehead atoms. The van der Waals surface area contributed by atoms with E-state index in [-0.39, 0.29) is 17.4 Å². The Bertz CT molecular complexity index is 1300. The summed E-state index contributed by atoms with van der Waals surface area (Å²) in [6, 6.07) is 20.6. The van der Waals surface area contributed by atoms with Crippen molar-refractivity contribution in [2.24, 2.45) is 5.92 Å². The maximum Gasteiger partial charge on any atom is 0.261 e. The van der Waals surface area contributed by atoms with Crippen LogP contribution in [0.3, 0.4) is 0 Å². The van der Waals surface area contributed by atoms with Gasteiger partial charge in [-0.05, 0) is 55.8 Å². The first-order valence-electron chi connectivity index (χ1n) is 11.3. The number of nitrogens with one attached hydrogen (secondary N) is 1. The van der Waals surface area contributed by atoms with Gasteiger partial charge in [0.05, 0.1) is 36.2 Å². The minimum atomic E-state index is -0.107. The molecule has 1 fully saturated rings. The first kappa shape index (κ1) is 21.2. The van der Waals surface area contributed by atoms with Crippen LogP contribution in [0, 0.1) is 5.92 Å². The van der Waals surface area contributed by atoms with E-state index in [2.05, 4.69) is 10.2 Å². The highest BCUT2D eigenvalue weighted by Crippen LogP contribution is 2.21. The molecular formula is C26H26N4O3. The van der Waals surface area contributed by atoms with E-state index < -0.39 is 0 Å². The molecule has 1 N–H and O–H groups in total. The number of fused-ring (bicyclic) bond motifs is 1. The van der Waals surface area contributed by atoms with Crippen LogP contribution in [0.25, 0.3) is 10.9 Å². The molecule has 33 heavy (non-hydrogen) atoms. The van der Waals surface area contributed by atoms with Gasteiger partial charge in [0.1, 0.15) is 11.6 Å². The van der Waals surface area contributed by atoms with Crippen molar-refractivity contribution in [2.45, 2.75) is 25.9 Å². The molecule has 3 heterocycles. The number of nitrogens with zero attached hydrogens (tertiary/aromatic N) is 3. The summed E-state index contributed by atoms with van der Waals surface area (Å²) in [5.41, 5.74) is 1.41. The van der Waals surface area contributed by atoms with E-state index in [4.69, 9.17) is 9.40 Å². The summed E-state index contributed by atoms with van der Waals surface area (Å²) < 4.78 is 7.19. The average Bonchev–Trinajstić information content (AvgIpc) is 3.36. The summed E-state index contributed by atoms with van der Waals surface area (Å²) in [7, 11) is 0. The van der Waals surface area contributed by atoms with E-state index in [1.807, 2.05) is 60.7 Å². The Hall–Kier alpha value is -3.71. The van der Waals surface area contributed by atoms with Gasteiger partial charge in [-0.15, -0.1) is 0 Å². The number of piperidine rings is 1. The molecular weight excluding hydrogens is 416 g/mol. The number of para-hydroxylation sites is 2. The molecule has 168 valence electrons. The van der Waals surface area contributed by atoms with Crippen LogP contribution in [0.15, 0.2) is 82.2 Å². The molecule has 7 heteroatoms. The second-order valence-electron chi connectivity index (χ2n) is 8.45. The van der Waals surface area contributed by atoms with E-state index in [0.29, 0.717) is 42.1 Å². The second-order valence-corrected chi connectivity index (χ2v) is 8.45. The number of benzene rings is 2. The lowest BCUT2D eigenvalue weighted by atomic mass is 9.97. The summed E-state index contributed by atoms with van der Waals surface area (Å²) >= 11 is 0. The lowest BCUT2D eigenvalue weighted by Crippen LogP contribution is -2.41. The SMILES string of the molecule is O=C(Nc1ccccc1)[C@H]1CCCN(Cc2nc3ccccc3c(=O)n2Cc2ccco2)C1. The molecule has 0 unspecified atom stereocenters. The van der Waals surface area contributed by atoms with Gasteiger partial charge in [0, 0.05) is 12.2 Å². The van der Waals surface area contributed by atoms with Gasteiger partial charge in [-0.1, -0.05) is 30.3 Å². The minimum absolute atomic E-state index is 0.0327. The third kappa shape index (κ3) is 4.73. The molecule has 1 aliphatic rings. The van der Waals surface area contributed by atoms with Crippen LogP contribution in [0.2, 0.25) is 0 Å². The molecule has 4 aromatic rings. The van der Waals surface area contributed by atoms with Crippen molar-refractivity contribution in [1.29, 1.82) is 0 Å². The number of hydrogen-bond donors (Lipinski definition) is 1. The van der Waals surface area contributed by atoms with Crippen molar-refractivity contribution < 1.29 is 9.21 Å². The van der Waals surface area contributed by atoms with Crippen molar-refractivity contribution in [3.63, 3.8) is 0 Å². The third-order valence-electron chi connectivity index (χ3n) is 6.12. The number of furan rings is 1. The van der Waals surface area contributed by atoms with Crippen LogP contribution in [-0.2, 0) is 17.9 Å². The van der Waals surface area contributed by atoms with E-state index >= 15 is 0 Å². The number of carbonyl (C=O) groups is 1. The van der Waals surface area contributed by atoms with Crippen molar-refractivity contribution >= 4 is 22.5 Å². The number of likely N-dealkylation sites (tertiary alicyclic amines) is 1.